The SMILES string of the molecule is COC(=O)c1cc(S(=O)(=O)Cl)cc(C=O)c1C. The van der Waals surface area contributed by atoms with E-state index in [1.54, 1.807) is 0 Å². The van der Waals surface area contributed by atoms with Gasteiger partial charge in [-0.25, -0.2) is 13.2 Å². The number of halogens is 1. The van der Waals surface area contributed by atoms with E-state index in [9.17, 15) is 18.0 Å². The number of aldehydes is 1. The van der Waals surface area contributed by atoms with Crippen molar-refractivity contribution >= 4 is 32.0 Å². The molecule has 0 aromatic heterocycles. The Balaban J connectivity index is 3.61. The van der Waals surface area contributed by atoms with Crippen molar-refractivity contribution in [3.63, 3.8) is 0 Å². The zero-order chi connectivity index (χ0) is 13.2. The van der Waals surface area contributed by atoms with Crippen LogP contribution in [0, 0.1) is 6.92 Å². The number of carbonyl (C=O) groups is 2. The molecule has 5 nitrogen and oxygen atoms in total. The maximum absolute atomic E-state index is 11.4. The van der Waals surface area contributed by atoms with Crippen LogP contribution < -0.4 is 0 Å². The Morgan fingerprint density at radius 3 is 2.41 bits per heavy atom. The third-order valence-corrected chi connectivity index (χ3v) is 3.57. The highest BCUT2D eigenvalue weighted by molar-refractivity contribution is 8.13. The van der Waals surface area contributed by atoms with E-state index in [-0.39, 0.29) is 16.0 Å². The summed E-state index contributed by atoms with van der Waals surface area (Å²) in [6, 6.07) is 2.19. The monoisotopic (exact) mass is 276 g/mol. The van der Waals surface area contributed by atoms with Gasteiger partial charge in [-0.05, 0) is 24.6 Å². The molecule has 0 spiro atoms. The molecule has 0 bridgehead atoms. The van der Waals surface area contributed by atoms with Gasteiger partial charge in [0, 0.05) is 16.2 Å². The molecule has 0 aliphatic carbocycles. The molecule has 1 rings (SSSR count). The summed E-state index contributed by atoms with van der Waals surface area (Å²) in [5, 5.41) is 0. The largest absolute Gasteiger partial charge is 0.465 e. The van der Waals surface area contributed by atoms with Gasteiger partial charge in [-0.3, -0.25) is 4.79 Å². The summed E-state index contributed by atoms with van der Waals surface area (Å²) in [5.74, 6) is -0.729. The normalized spacial score (nSPS) is 11.0. The minimum atomic E-state index is -4.01. The average molecular weight is 277 g/mol. The van der Waals surface area contributed by atoms with E-state index in [1.165, 1.54) is 6.92 Å². The summed E-state index contributed by atoms with van der Waals surface area (Å²) in [6.45, 7) is 1.51. The zero-order valence-electron chi connectivity index (χ0n) is 9.06. The predicted molar refractivity (Wildman–Crippen MR) is 60.9 cm³/mol. The van der Waals surface area contributed by atoms with Crippen molar-refractivity contribution in [2.24, 2.45) is 0 Å². The quantitative estimate of drug-likeness (QED) is 0.475. The van der Waals surface area contributed by atoms with Crippen LogP contribution in [0.15, 0.2) is 17.0 Å². The minimum Gasteiger partial charge on any atom is -0.465 e. The number of hydrogen-bond donors (Lipinski definition) is 0. The lowest BCUT2D eigenvalue weighted by molar-refractivity contribution is 0.0599. The highest BCUT2D eigenvalue weighted by Crippen LogP contribution is 2.22. The Kier molecular flexibility index (Phi) is 3.90. The summed E-state index contributed by atoms with van der Waals surface area (Å²) in [4.78, 5) is 21.9. The van der Waals surface area contributed by atoms with Gasteiger partial charge in [-0.15, -0.1) is 0 Å². The first kappa shape index (κ1) is 13.7. The van der Waals surface area contributed by atoms with Crippen LogP contribution in [0.1, 0.15) is 26.3 Å². The van der Waals surface area contributed by atoms with E-state index in [1.807, 2.05) is 0 Å². The Bertz CT molecular complexity index is 577. The topological polar surface area (TPSA) is 77.5 Å². The van der Waals surface area contributed by atoms with E-state index in [0.717, 1.165) is 19.2 Å². The number of benzene rings is 1. The highest BCUT2D eigenvalue weighted by Gasteiger charge is 2.19. The summed E-state index contributed by atoms with van der Waals surface area (Å²) in [7, 11) is 2.31. The van der Waals surface area contributed by atoms with Crippen molar-refractivity contribution in [2.75, 3.05) is 7.11 Å². The average Bonchev–Trinajstić information content (AvgIpc) is 2.26. The van der Waals surface area contributed by atoms with Crippen LogP contribution in [0.3, 0.4) is 0 Å². The van der Waals surface area contributed by atoms with Gasteiger partial charge in [0.1, 0.15) is 6.29 Å². The zero-order valence-corrected chi connectivity index (χ0v) is 10.6. The maximum Gasteiger partial charge on any atom is 0.338 e. The lowest BCUT2D eigenvalue weighted by atomic mass is 10.0. The molecular weight excluding hydrogens is 268 g/mol. The number of hydrogen-bond acceptors (Lipinski definition) is 5. The number of rotatable bonds is 3. The Morgan fingerprint density at radius 1 is 1.41 bits per heavy atom. The van der Waals surface area contributed by atoms with Crippen molar-refractivity contribution in [3.05, 3.63) is 28.8 Å². The lowest BCUT2D eigenvalue weighted by Crippen LogP contribution is -2.08. The second kappa shape index (κ2) is 4.85. The van der Waals surface area contributed by atoms with Crippen molar-refractivity contribution in [1.82, 2.24) is 0 Å². The molecule has 0 radical (unpaired) electrons. The summed E-state index contributed by atoms with van der Waals surface area (Å²) < 4.78 is 26.8. The number of ether oxygens (including phenoxy) is 1. The first-order chi connectivity index (χ1) is 7.81. The van der Waals surface area contributed by atoms with Gasteiger partial charge in [-0.2, -0.15) is 0 Å². The molecule has 0 unspecified atom stereocenters. The third-order valence-electron chi connectivity index (χ3n) is 2.24. The van der Waals surface area contributed by atoms with E-state index in [0.29, 0.717) is 11.8 Å². The molecule has 92 valence electrons. The maximum atomic E-state index is 11.4. The first-order valence-corrected chi connectivity index (χ1v) is 6.75. The van der Waals surface area contributed by atoms with E-state index in [2.05, 4.69) is 4.74 Å². The molecule has 0 amide bonds. The fraction of sp³-hybridized carbons (Fsp3) is 0.200. The molecule has 0 atom stereocenters. The van der Waals surface area contributed by atoms with Crippen molar-refractivity contribution in [1.29, 1.82) is 0 Å². The molecule has 0 aliphatic rings. The van der Waals surface area contributed by atoms with Crippen molar-refractivity contribution < 1.29 is 22.7 Å². The molecule has 0 N–H and O–H groups in total. The molecule has 1 aromatic rings. The van der Waals surface area contributed by atoms with Gasteiger partial charge < -0.3 is 4.74 Å². The van der Waals surface area contributed by atoms with Crippen LogP contribution in [0.4, 0.5) is 0 Å². The van der Waals surface area contributed by atoms with E-state index in [4.69, 9.17) is 10.7 Å². The molecule has 7 heteroatoms. The predicted octanol–water partition coefficient (Wildman–Crippen LogP) is 1.52. The van der Waals surface area contributed by atoms with E-state index >= 15 is 0 Å². The molecule has 0 fully saturated rings. The van der Waals surface area contributed by atoms with Gasteiger partial charge in [0.15, 0.2) is 0 Å². The molecule has 0 aliphatic heterocycles. The number of esters is 1. The molecule has 17 heavy (non-hydrogen) atoms. The van der Waals surface area contributed by atoms with Crippen molar-refractivity contribution in [2.45, 2.75) is 11.8 Å². The Hall–Kier alpha value is -1.40. The fourth-order valence-corrected chi connectivity index (χ4v) is 2.09. The number of carbonyl (C=O) groups excluding carboxylic acids is 2. The lowest BCUT2D eigenvalue weighted by Gasteiger charge is -2.08. The van der Waals surface area contributed by atoms with Gasteiger partial charge in [0.05, 0.1) is 17.6 Å². The first-order valence-electron chi connectivity index (χ1n) is 4.44. The second-order valence-electron chi connectivity index (χ2n) is 3.23. The van der Waals surface area contributed by atoms with Crippen LogP contribution >= 0.6 is 10.7 Å². The molecule has 0 heterocycles. The van der Waals surface area contributed by atoms with E-state index < -0.39 is 15.0 Å². The van der Waals surface area contributed by atoms with Gasteiger partial charge in [0.25, 0.3) is 9.05 Å². The van der Waals surface area contributed by atoms with Crippen LogP contribution in [0.2, 0.25) is 0 Å². The van der Waals surface area contributed by atoms with Gasteiger partial charge in [0.2, 0.25) is 0 Å². The van der Waals surface area contributed by atoms with Crippen LogP contribution in [-0.4, -0.2) is 27.8 Å². The Labute approximate surface area is 103 Å². The van der Waals surface area contributed by atoms with Crippen molar-refractivity contribution in [3.8, 4) is 0 Å². The Morgan fingerprint density at radius 2 is 2.00 bits per heavy atom. The molecule has 0 saturated heterocycles. The summed E-state index contributed by atoms with van der Waals surface area (Å²) in [6.07, 6.45) is 0.452. The minimum absolute atomic E-state index is 0.00340. The fourth-order valence-electron chi connectivity index (χ4n) is 1.29. The van der Waals surface area contributed by atoms with Gasteiger partial charge in [-0.1, -0.05) is 0 Å². The molecular formula is C10H9ClO5S. The smallest absolute Gasteiger partial charge is 0.338 e. The van der Waals surface area contributed by atoms with Crippen LogP contribution in [0.5, 0.6) is 0 Å². The second-order valence-corrected chi connectivity index (χ2v) is 5.80. The highest BCUT2D eigenvalue weighted by atomic mass is 35.7. The van der Waals surface area contributed by atoms with Gasteiger partial charge >= 0.3 is 5.97 Å². The third kappa shape index (κ3) is 2.83. The standard InChI is InChI=1S/C10H9ClO5S/c1-6-7(5-12)3-8(17(11,14)15)4-9(6)10(13)16-2/h3-5H,1-2H3. The van der Waals surface area contributed by atoms with Crippen LogP contribution in [-0.2, 0) is 13.8 Å². The summed E-state index contributed by atoms with van der Waals surface area (Å²) >= 11 is 0. The van der Waals surface area contributed by atoms with Crippen LogP contribution in [0.25, 0.3) is 0 Å². The molecule has 0 saturated carbocycles. The number of methoxy groups -OCH3 is 1. The summed E-state index contributed by atoms with van der Waals surface area (Å²) in [5.41, 5.74) is 0.416. The molecule has 1 aromatic carbocycles.